The summed E-state index contributed by atoms with van der Waals surface area (Å²) in [5, 5.41) is 0. The Morgan fingerprint density at radius 2 is 1.95 bits per heavy atom. The number of carbonyl (C=O) groups excluding carboxylic acids is 1. The second-order valence-electron chi connectivity index (χ2n) is 8.31. The predicted octanol–water partition coefficient (Wildman–Crippen LogP) is 4.80. The molecule has 0 radical (unpaired) electrons. The van der Waals surface area contributed by atoms with Gasteiger partial charge in [-0.3, -0.25) is 4.79 Å². The van der Waals surface area contributed by atoms with E-state index in [2.05, 4.69) is 30.3 Å². The highest BCUT2D eigenvalue weighted by molar-refractivity contribution is 6.05. The molecule has 0 aliphatic heterocycles. The monoisotopic (exact) mass is 292 g/mol. The molecule has 1 aromatic carbocycles. The largest absolute Gasteiger partial charge is 0.294 e. The molecule has 4 atom stereocenters. The molecule has 0 aromatic heterocycles. The third-order valence-corrected chi connectivity index (χ3v) is 7.04. The Hall–Kier alpha value is -1.37. The Kier molecular flexibility index (Phi) is 2.72. The zero-order valence-corrected chi connectivity index (χ0v) is 13.2. The molecule has 22 heavy (non-hydrogen) atoms. The molecule has 114 valence electrons. The van der Waals surface area contributed by atoms with Gasteiger partial charge in [-0.2, -0.15) is 0 Å². The summed E-state index contributed by atoms with van der Waals surface area (Å²) in [5.74, 6) is 3.16. The van der Waals surface area contributed by atoms with Gasteiger partial charge in [-0.25, -0.2) is 0 Å². The van der Waals surface area contributed by atoms with Gasteiger partial charge in [-0.05, 0) is 67.1 Å². The van der Waals surface area contributed by atoms with Gasteiger partial charge >= 0.3 is 0 Å². The first-order valence-electron chi connectivity index (χ1n) is 9.07. The number of benzene rings is 1. The number of hydrogen-bond donors (Lipinski definition) is 0. The lowest BCUT2D eigenvalue weighted by molar-refractivity contribution is -0.128. The highest BCUT2D eigenvalue weighted by Gasteiger charge is 2.53. The fraction of sp³-hybridized carbons (Fsp3) is 0.571. The van der Waals surface area contributed by atoms with Gasteiger partial charge in [-0.15, -0.1) is 0 Å². The van der Waals surface area contributed by atoms with Crippen LogP contribution in [0.2, 0.25) is 0 Å². The summed E-state index contributed by atoms with van der Waals surface area (Å²) < 4.78 is 0. The van der Waals surface area contributed by atoms with E-state index in [0.717, 1.165) is 36.2 Å². The van der Waals surface area contributed by atoms with Crippen LogP contribution in [0.3, 0.4) is 0 Å². The lowest BCUT2D eigenvalue weighted by atomic mass is 9.63. The average Bonchev–Trinajstić information content (AvgIpc) is 3.03. The number of fused-ring (bicyclic) bond motifs is 3. The SMILES string of the molecule is O=C(C1=Cc2ccccc2C1)C12CCCC3CC(CC3C1)C2. The molecule has 3 saturated carbocycles. The third kappa shape index (κ3) is 1.81. The van der Waals surface area contributed by atoms with Crippen molar-refractivity contribution >= 4 is 11.9 Å². The Labute approximate surface area is 132 Å². The van der Waals surface area contributed by atoms with Crippen LogP contribution in [0.25, 0.3) is 6.08 Å². The summed E-state index contributed by atoms with van der Waals surface area (Å²) in [5.41, 5.74) is 3.72. The van der Waals surface area contributed by atoms with Crippen LogP contribution < -0.4 is 0 Å². The van der Waals surface area contributed by atoms with E-state index in [0.29, 0.717) is 5.78 Å². The molecule has 0 saturated heterocycles. The predicted molar refractivity (Wildman–Crippen MR) is 88.4 cm³/mol. The van der Waals surface area contributed by atoms with E-state index in [1.54, 1.807) is 0 Å². The molecule has 0 heterocycles. The summed E-state index contributed by atoms with van der Waals surface area (Å²) >= 11 is 0. The first-order chi connectivity index (χ1) is 10.7. The summed E-state index contributed by atoms with van der Waals surface area (Å²) in [6.45, 7) is 0. The highest BCUT2D eigenvalue weighted by Crippen LogP contribution is 2.59. The number of hydrogen-bond acceptors (Lipinski definition) is 1. The van der Waals surface area contributed by atoms with Crippen molar-refractivity contribution in [2.24, 2.45) is 23.2 Å². The van der Waals surface area contributed by atoms with Crippen LogP contribution in [0.15, 0.2) is 29.8 Å². The van der Waals surface area contributed by atoms with Crippen molar-refractivity contribution < 1.29 is 4.79 Å². The molecule has 1 heteroatoms. The van der Waals surface area contributed by atoms with Gasteiger partial charge in [-0.1, -0.05) is 37.1 Å². The minimum Gasteiger partial charge on any atom is -0.294 e. The van der Waals surface area contributed by atoms with E-state index < -0.39 is 0 Å². The molecule has 0 spiro atoms. The molecular formula is C21H24O. The van der Waals surface area contributed by atoms with Crippen LogP contribution in [0.4, 0.5) is 0 Å². The van der Waals surface area contributed by atoms with Gasteiger partial charge in [0.15, 0.2) is 5.78 Å². The van der Waals surface area contributed by atoms with Gasteiger partial charge in [0.2, 0.25) is 0 Å². The van der Waals surface area contributed by atoms with Crippen molar-refractivity contribution in [3.8, 4) is 0 Å². The molecule has 0 amide bonds. The maximum Gasteiger partial charge on any atom is 0.165 e. The van der Waals surface area contributed by atoms with Gasteiger partial charge in [0.25, 0.3) is 0 Å². The van der Waals surface area contributed by atoms with Crippen LogP contribution in [0, 0.1) is 23.2 Å². The van der Waals surface area contributed by atoms with Gasteiger partial charge < -0.3 is 0 Å². The van der Waals surface area contributed by atoms with Crippen molar-refractivity contribution in [2.45, 2.75) is 51.4 Å². The molecule has 4 aliphatic carbocycles. The molecule has 1 aromatic rings. The average molecular weight is 292 g/mol. The van der Waals surface area contributed by atoms with Crippen LogP contribution in [-0.4, -0.2) is 5.78 Å². The Balaban J connectivity index is 1.48. The molecule has 4 aliphatic rings. The molecule has 4 unspecified atom stereocenters. The van der Waals surface area contributed by atoms with Crippen molar-refractivity contribution in [3.05, 3.63) is 41.0 Å². The standard InChI is InChI=1S/C21H24O/c22-20(18-10-16-4-1-2-5-17(16)11-18)21-7-3-6-15-8-14(12-21)9-19(15)13-21/h1-2,4-5,10,14-15,19H,3,6-9,11-13H2. The van der Waals surface area contributed by atoms with E-state index in [1.165, 1.54) is 49.7 Å². The van der Waals surface area contributed by atoms with Crippen LogP contribution in [0.5, 0.6) is 0 Å². The molecule has 3 bridgehead atoms. The second-order valence-corrected chi connectivity index (χ2v) is 8.31. The lowest BCUT2D eigenvalue weighted by Crippen LogP contribution is -2.37. The number of rotatable bonds is 2. The van der Waals surface area contributed by atoms with Crippen LogP contribution in [0.1, 0.15) is 56.1 Å². The van der Waals surface area contributed by atoms with Crippen LogP contribution >= 0.6 is 0 Å². The Morgan fingerprint density at radius 1 is 1.09 bits per heavy atom. The van der Waals surface area contributed by atoms with E-state index in [4.69, 9.17) is 0 Å². The highest BCUT2D eigenvalue weighted by atomic mass is 16.1. The smallest absolute Gasteiger partial charge is 0.165 e. The number of ketones is 1. The third-order valence-electron chi connectivity index (χ3n) is 7.04. The number of allylic oxidation sites excluding steroid dienone is 1. The number of Topliss-reactive ketones (excluding diaryl/α,β-unsaturated/α-hetero) is 1. The first kappa shape index (κ1) is 13.1. The van der Waals surface area contributed by atoms with Crippen molar-refractivity contribution in [1.82, 2.24) is 0 Å². The molecule has 1 nitrogen and oxygen atoms in total. The van der Waals surface area contributed by atoms with Crippen molar-refractivity contribution in [1.29, 1.82) is 0 Å². The molecule has 5 rings (SSSR count). The molecule has 0 N–H and O–H groups in total. The fourth-order valence-electron chi connectivity index (χ4n) is 6.22. The quantitative estimate of drug-likeness (QED) is 0.765. The summed E-state index contributed by atoms with van der Waals surface area (Å²) in [6.07, 6.45) is 12.1. The molecular weight excluding hydrogens is 268 g/mol. The molecule has 3 fully saturated rings. The minimum atomic E-state index is 0.00666. The topological polar surface area (TPSA) is 17.1 Å². The van der Waals surface area contributed by atoms with E-state index in [-0.39, 0.29) is 5.41 Å². The second kappa shape index (κ2) is 4.57. The normalized spacial score (nSPS) is 38.5. The Bertz CT molecular complexity index is 670. The van der Waals surface area contributed by atoms with Gasteiger partial charge in [0, 0.05) is 17.4 Å². The van der Waals surface area contributed by atoms with E-state index in [1.807, 2.05) is 0 Å². The van der Waals surface area contributed by atoms with Crippen molar-refractivity contribution in [2.75, 3.05) is 0 Å². The zero-order chi connectivity index (χ0) is 14.7. The van der Waals surface area contributed by atoms with E-state index >= 15 is 0 Å². The Morgan fingerprint density at radius 3 is 2.86 bits per heavy atom. The first-order valence-corrected chi connectivity index (χ1v) is 9.07. The summed E-state index contributed by atoms with van der Waals surface area (Å²) in [6, 6.07) is 8.51. The maximum atomic E-state index is 13.4. The van der Waals surface area contributed by atoms with Crippen molar-refractivity contribution in [3.63, 3.8) is 0 Å². The summed E-state index contributed by atoms with van der Waals surface area (Å²) in [7, 11) is 0. The number of carbonyl (C=O) groups is 1. The van der Waals surface area contributed by atoms with Gasteiger partial charge in [0.05, 0.1) is 0 Å². The van der Waals surface area contributed by atoms with Gasteiger partial charge in [0.1, 0.15) is 0 Å². The zero-order valence-electron chi connectivity index (χ0n) is 13.2. The minimum absolute atomic E-state index is 0.00666. The fourth-order valence-corrected chi connectivity index (χ4v) is 6.22. The van der Waals surface area contributed by atoms with E-state index in [9.17, 15) is 4.79 Å². The maximum absolute atomic E-state index is 13.4. The lowest BCUT2D eigenvalue weighted by Gasteiger charge is -2.39. The summed E-state index contributed by atoms with van der Waals surface area (Å²) in [4.78, 5) is 13.4. The van der Waals surface area contributed by atoms with Crippen LogP contribution in [-0.2, 0) is 11.2 Å².